The molecule has 1 aromatic rings. The zero-order chi connectivity index (χ0) is 21.1. The number of aliphatic imine (C=N–C) groups is 1. The number of carbonyl (C=O) groups excluding carboxylic acids is 1. The summed E-state index contributed by atoms with van der Waals surface area (Å²) in [6, 6.07) is 3.48. The highest BCUT2D eigenvalue weighted by molar-refractivity contribution is 7.93. The molecule has 0 saturated heterocycles. The minimum absolute atomic E-state index is 0.0682. The number of carbonyl (C=O) groups is 1. The Morgan fingerprint density at radius 1 is 1.29 bits per heavy atom. The van der Waals surface area contributed by atoms with Crippen LogP contribution in [0.1, 0.15) is 39.2 Å². The van der Waals surface area contributed by atoms with Crippen LogP contribution in [0.15, 0.2) is 23.2 Å². The second kappa shape index (κ2) is 6.20. The van der Waals surface area contributed by atoms with Gasteiger partial charge in [-0.1, -0.05) is 0 Å². The molecule has 6 nitrogen and oxygen atoms in total. The molecule has 1 fully saturated rings. The lowest BCUT2D eigenvalue weighted by Crippen LogP contribution is -2.55. The Bertz CT molecular complexity index is 976. The lowest BCUT2D eigenvalue weighted by atomic mass is 9.80. The SMILES string of the molecule is CC1(c2cc(NC(=O)C3CCC3(F)F)ccc2F)CS(=O)(=O)C(C)(C)C(N)=N1. The van der Waals surface area contributed by atoms with E-state index in [1.54, 1.807) is 0 Å². The molecule has 1 aliphatic carbocycles. The predicted octanol–water partition coefficient (Wildman–Crippen LogP) is 2.59. The first kappa shape index (κ1) is 20.6. The standard InChI is InChI=1S/C18H22F3N3O3S/c1-16(2)15(22)24-17(3,9-28(16,26)27)12-8-10(4-5-13(12)19)23-14(25)11-6-7-18(11,20)21/h4-5,8,11H,6-7,9H2,1-3H3,(H2,22,24)(H,23,25). The number of sulfone groups is 1. The van der Waals surface area contributed by atoms with Gasteiger partial charge >= 0.3 is 0 Å². The number of nitrogens with zero attached hydrogens (tertiary/aromatic N) is 1. The molecule has 0 radical (unpaired) electrons. The fraction of sp³-hybridized carbons (Fsp3) is 0.556. The van der Waals surface area contributed by atoms with Crippen LogP contribution in [0.3, 0.4) is 0 Å². The van der Waals surface area contributed by atoms with Crippen molar-refractivity contribution in [1.29, 1.82) is 0 Å². The summed E-state index contributed by atoms with van der Waals surface area (Å²) in [6.45, 7) is 4.27. The van der Waals surface area contributed by atoms with E-state index in [0.717, 1.165) is 6.07 Å². The monoisotopic (exact) mass is 417 g/mol. The van der Waals surface area contributed by atoms with E-state index in [1.165, 1.54) is 32.9 Å². The zero-order valence-electron chi connectivity index (χ0n) is 15.7. The lowest BCUT2D eigenvalue weighted by molar-refractivity contribution is -0.157. The van der Waals surface area contributed by atoms with Crippen LogP contribution in [0, 0.1) is 11.7 Å². The van der Waals surface area contributed by atoms with Gasteiger partial charge in [0.15, 0.2) is 9.84 Å². The van der Waals surface area contributed by atoms with Gasteiger partial charge in [0.1, 0.15) is 27.9 Å². The molecule has 2 aliphatic rings. The second-order valence-corrected chi connectivity index (χ2v) is 10.6. The molecular formula is C18H22F3N3O3S. The molecule has 1 aliphatic heterocycles. The number of nitrogens with one attached hydrogen (secondary N) is 1. The second-order valence-electron chi connectivity index (χ2n) is 8.08. The van der Waals surface area contributed by atoms with Gasteiger partial charge in [0.25, 0.3) is 5.92 Å². The third-order valence-corrected chi connectivity index (χ3v) is 8.35. The average molecular weight is 417 g/mol. The van der Waals surface area contributed by atoms with Crippen LogP contribution >= 0.6 is 0 Å². The molecule has 10 heteroatoms. The Morgan fingerprint density at radius 3 is 2.43 bits per heavy atom. The number of hydrogen-bond acceptors (Lipinski definition) is 5. The van der Waals surface area contributed by atoms with Gasteiger partial charge in [0.2, 0.25) is 5.91 Å². The van der Waals surface area contributed by atoms with Crippen molar-refractivity contribution in [1.82, 2.24) is 0 Å². The smallest absolute Gasteiger partial charge is 0.259 e. The molecule has 3 N–H and O–H groups in total. The lowest BCUT2D eigenvalue weighted by Gasteiger charge is -2.38. The maximum atomic E-state index is 14.5. The summed E-state index contributed by atoms with van der Waals surface area (Å²) in [6.07, 6.45) is -0.280. The quantitative estimate of drug-likeness (QED) is 0.789. The van der Waals surface area contributed by atoms with E-state index < -0.39 is 49.4 Å². The molecule has 1 heterocycles. The van der Waals surface area contributed by atoms with Crippen LogP contribution in [0.25, 0.3) is 0 Å². The van der Waals surface area contributed by atoms with Gasteiger partial charge in [-0.15, -0.1) is 0 Å². The molecule has 2 unspecified atom stereocenters. The van der Waals surface area contributed by atoms with Gasteiger partial charge in [0.05, 0.1) is 5.75 Å². The molecule has 1 amide bonds. The van der Waals surface area contributed by atoms with Crippen molar-refractivity contribution >= 4 is 27.3 Å². The van der Waals surface area contributed by atoms with E-state index in [0.29, 0.717) is 0 Å². The highest BCUT2D eigenvalue weighted by Gasteiger charge is 2.52. The van der Waals surface area contributed by atoms with Crippen LogP contribution in [0.5, 0.6) is 0 Å². The fourth-order valence-electron chi connectivity index (χ4n) is 3.36. The third-order valence-electron chi connectivity index (χ3n) is 5.64. The van der Waals surface area contributed by atoms with Gasteiger partial charge in [-0.2, -0.15) is 0 Å². The number of alkyl halides is 2. The van der Waals surface area contributed by atoms with Crippen molar-refractivity contribution in [2.75, 3.05) is 11.1 Å². The normalized spacial score (nSPS) is 30.1. The zero-order valence-corrected chi connectivity index (χ0v) is 16.5. The van der Waals surface area contributed by atoms with Crippen LogP contribution < -0.4 is 11.1 Å². The molecule has 0 aromatic heterocycles. The fourth-order valence-corrected chi connectivity index (χ4v) is 5.04. The maximum absolute atomic E-state index is 14.5. The highest BCUT2D eigenvalue weighted by Crippen LogP contribution is 2.44. The van der Waals surface area contributed by atoms with E-state index in [4.69, 9.17) is 5.73 Å². The first-order chi connectivity index (χ1) is 12.7. The minimum atomic E-state index is -3.75. The van der Waals surface area contributed by atoms with Gasteiger partial charge in [0, 0.05) is 17.7 Å². The van der Waals surface area contributed by atoms with Crippen molar-refractivity contribution in [2.24, 2.45) is 16.6 Å². The number of amidine groups is 1. The van der Waals surface area contributed by atoms with Crippen molar-refractivity contribution in [3.05, 3.63) is 29.6 Å². The summed E-state index contributed by atoms with van der Waals surface area (Å²) in [5, 5.41) is 2.36. The van der Waals surface area contributed by atoms with E-state index in [-0.39, 0.29) is 29.9 Å². The molecule has 0 spiro atoms. The molecule has 28 heavy (non-hydrogen) atoms. The van der Waals surface area contributed by atoms with Gasteiger partial charge in [-0.05, 0) is 45.4 Å². The molecular weight excluding hydrogens is 395 g/mol. The molecule has 154 valence electrons. The molecule has 2 atom stereocenters. The number of rotatable bonds is 3. The first-order valence-corrected chi connectivity index (χ1v) is 10.4. The Balaban J connectivity index is 1.96. The number of hydrogen-bond donors (Lipinski definition) is 2. The summed E-state index contributed by atoms with van der Waals surface area (Å²) < 4.78 is 65.3. The molecule has 1 aromatic carbocycles. The number of halogens is 3. The van der Waals surface area contributed by atoms with Crippen LogP contribution in [0.4, 0.5) is 18.9 Å². The highest BCUT2D eigenvalue weighted by atomic mass is 32.2. The number of nitrogens with two attached hydrogens (primary N) is 1. The van der Waals surface area contributed by atoms with E-state index in [9.17, 15) is 26.4 Å². The number of amides is 1. The topological polar surface area (TPSA) is 102 Å². The van der Waals surface area contributed by atoms with E-state index >= 15 is 0 Å². The van der Waals surface area contributed by atoms with Crippen LogP contribution in [0.2, 0.25) is 0 Å². The van der Waals surface area contributed by atoms with Gasteiger partial charge in [-0.25, -0.2) is 21.6 Å². The Labute approximate surface area is 161 Å². The third kappa shape index (κ3) is 3.17. The van der Waals surface area contributed by atoms with Gasteiger partial charge in [-0.3, -0.25) is 9.79 Å². The van der Waals surface area contributed by atoms with Crippen molar-refractivity contribution in [2.45, 2.75) is 49.8 Å². The Morgan fingerprint density at radius 2 is 1.93 bits per heavy atom. The first-order valence-electron chi connectivity index (χ1n) is 8.76. The van der Waals surface area contributed by atoms with Crippen molar-refractivity contribution in [3.63, 3.8) is 0 Å². The molecule has 3 rings (SSSR count). The Hall–Kier alpha value is -2.10. The molecule has 0 bridgehead atoms. The number of anilines is 1. The maximum Gasteiger partial charge on any atom is 0.259 e. The van der Waals surface area contributed by atoms with Crippen LogP contribution in [-0.4, -0.2) is 36.6 Å². The number of benzene rings is 1. The molecule has 1 saturated carbocycles. The average Bonchev–Trinajstić information content (AvgIpc) is 2.53. The van der Waals surface area contributed by atoms with E-state index in [2.05, 4.69) is 10.3 Å². The van der Waals surface area contributed by atoms with Crippen molar-refractivity contribution < 1.29 is 26.4 Å². The summed E-state index contributed by atoms with van der Waals surface area (Å²) >= 11 is 0. The largest absolute Gasteiger partial charge is 0.386 e. The summed E-state index contributed by atoms with van der Waals surface area (Å²) in [5.74, 6) is -6.71. The van der Waals surface area contributed by atoms with Crippen LogP contribution in [-0.2, 0) is 20.2 Å². The summed E-state index contributed by atoms with van der Waals surface area (Å²) in [7, 11) is -3.75. The van der Waals surface area contributed by atoms with Gasteiger partial charge < -0.3 is 11.1 Å². The van der Waals surface area contributed by atoms with E-state index in [1.807, 2.05) is 0 Å². The minimum Gasteiger partial charge on any atom is -0.386 e. The Kier molecular flexibility index (Phi) is 4.57. The summed E-state index contributed by atoms with van der Waals surface area (Å²) in [5.41, 5.74) is 4.34. The summed E-state index contributed by atoms with van der Waals surface area (Å²) in [4.78, 5) is 16.3. The van der Waals surface area contributed by atoms with Crippen molar-refractivity contribution in [3.8, 4) is 0 Å². The predicted molar refractivity (Wildman–Crippen MR) is 99.5 cm³/mol.